The number of aromatic nitrogens is 2. The van der Waals surface area contributed by atoms with Gasteiger partial charge in [-0.05, 0) is 42.5 Å². The lowest BCUT2D eigenvalue weighted by Crippen LogP contribution is -2.35. The Morgan fingerprint density at radius 1 is 1.39 bits per heavy atom. The van der Waals surface area contributed by atoms with Crippen molar-refractivity contribution in [1.29, 1.82) is 0 Å². The number of amides is 1. The van der Waals surface area contributed by atoms with Gasteiger partial charge in [-0.2, -0.15) is 5.10 Å². The number of nitrogens with one attached hydrogen (secondary N) is 1. The summed E-state index contributed by atoms with van der Waals surface area (Å²) in [5.41, 5.74) is 2.09. The number of aryl methyl sites for hydroxylation is 1. The van der Waals surface area contributed by atoms with Crippen molar-refractivity contribution in [1.82, 2.24) is 15.1 Å². The Kier molecular flexibility index (Phi) is 4.96. The minimum Gasteiger partial charge on any atom is -0.345 e. The average Bonchev–Trinajstić information content (AvgIpc) is 2.89. The molecule has 5 heteroatoms. The summed E-state index contributed by atoms with van der Waals surface area (Å²) in [6, 6.07) is 8.30. The zero-order valence-electron chi connectivity index (χ0n) is 13.1. The van der Waals surface area contributed by atoms with Gasteiger partial charge in [-0.15, -0.1) is 0 Å². The van der Waals surface area contributed by atoms with E-state index in [1.165, 1.54) is 24.8 Å². The molecular weight excluding hydrogens is 354 g/mol. The van der Waals surface area contributed by atoms with Crippen LogP contribution in [0.2, 0.25) is 0 Å². The lowest BCUT2D eigenvalue weighted by Gasteiger charge is -2.34. The summed E-state index contributed by atoms with van der Waals surface area (Å²) in [4.78, 5) is 12.3. The smallest absolute Gasteiger partial charge is 0.244 e. The molecule has 120 valence electrons. The Bertz CT molecular complexity index is 701. The summed E-state index contributed by atoms with van der Waals surface area (Å²) in [5.74, 6) is 0.473. The fourth-order valence-corrected chi connectivity index (χ4v) is 3.08. The highest BCUT2D eigenvalue weighted by molar-refractivity contribution is 9.10. The van der Waals surface area contributed by atoms with E-state index in [-0.39, 0.29) is 11.9 Å². The van der Waals surface area contributed by atoms with Crippen LogP contribution in [0, 0.1) is 5.92 Å². The van der Waals surface area contributed by atoms with Crippen LogP contribution in [0.4, 0.5) is 0 Å². The summed E-state index contributed by atoms with van der Waals surface area (Å²) in [6.45, 7) is 0. The van der Waals surface area contributed by atoms with E-state index in [1.54, 1.807) is 23.0 Å². The van der Waals surface area contributed by atoms with Crippen molar-refractivity contribution in [2.24, 2.45) is 13.0 Å². The van der Waals surface area contributed by atoms with Gasteiger partial charge in [0.05, 0.1) is 12.2 Å². The number of halogens is 1. The molecule has 1 aromatic carbocycles. The van der Waals surface area contributed by atoms with Crippen LogP contribution in [0.25, 0.3) is 6.08 Å². The number of carbonyl (C=O) groups excluding carboxylic acids is 1. The molecule has 0 radical (unpaired) electrons. The van der Waals surface area contributed by atoms with Crippen LogP contribution in [-0.4, -0.2) is 15.7 Å². The van der Waals surface area contributed by atoms with Crippen LogP contribution in [0.15, 0.2) is 47.2 Å². The van der Waals surface area contributed by atoms with E-state index in [1.807, 2.05) is 25.4 Å². The predicted octanol–water partition coefficient (Wildman–Crippen LogP) is 3.85. The molecule has 1 saturated carbocycles. The van der Waals surface area contributed by atoms with Crippen LogP contribution < -0.4 is 5.32 Å². The molecule has 3 rings (SSSR count). The lowest BCUT2D eigenvalue weighted by atomic mass is 9.77. The van der Waals surface area contributed by atoms with Gasteiger partial charge in [0.1, 0.15) is 0 Å². The minimum absolute atomic E-state index is 0.0614. The molecular formula is C18H20BrN3O. The maximum absolute atomic E-state index is 12.3. The maximum atomic E-state index is 12.3. The Labute approximate surface area is 144 Å². The number of hydrogen-bond acceptors (Lipinski definition) is 2. The first-order valence-corrected chi connectivity index (χ1v) is 8.64. The molecule has 0 spiro atoms. The van der Waals surface area contributed by atoms with E-state index in [9.17, 15) is 4.79 Å². The molecule has 0 bridgehead atoms. The average molecular weight is 374 g/mol. The van der Waals surface area contributed by atoms with Crippen molar-refractivity contribution in [3.63, 3.8) is 0 Å². The zero-order chi connectivity index (χ0) is 16.2. The number of benzene rings is 1. The van der Waals surface area contributed by atoms with Crippen LogP contribution in [-0.2, 0) is 11.8 Å². The number of carbonyl (C=O) groups is 1. The van der Waals surface area contributed by atoms with Crippen LogP contribution in [0.5, 0.6) is 0 Å². The number of nitrogens with zero attached hydrogens (tertiary/aromatic N) is 2. The summed E-state index contributed by atoms with van der Waals surface area (Å²) in [5, 5.41) is 7.25. The van der Waals surface area contributed by atoms with Gasteiger partial charge in [-0.25, -0.2) is 0 Å². The fraction of sp³-hybridized carbons (Fsp3) is 0.333. The maximum Gasteiger partial charge on any atom is 0.244 e. The number of hydrogen-bond donors (Lipinski definition) is 1. The molecule has 1 amide bonds. The van der Waals surface area contributed by atoms with E-state index in [4.69, 9.17) is 0 Å². The molecule has 23 heavy (non-hydrogen) atoms. The third-order valence-corrected chi connectivity index (χ3v) is 4.83. The zero-order valence-corrected chi connectivity index (χ0v) is 14.7. The topological polar surface area (TPSA) is 46.9 Å². The standard InChI is InChI=1S/C18H20BrN3O/c1-22-12-13(11-20-22)5-10-17(23)21-18(14-3-2-4-14)15-6-8-16(19)9-7-15/h5-12,14,18H,2-4H2,1H3,(H,21,23)/b10-5+. The van der Waals surface area contributed by atoms with E-state index in [2.05, 4.69) is 38.5 Å². The minimum atomic E-state index is -0.0614. The van der Waals surface area contributed by atoms with Gasteiger partial charge in [0.25, 0.3) is 0 Å². The van der Waals surface area contributed by atoms with Gasteiger partial charge in [0.2, 0.25) is 5.91 Å². The lowest BCUT2D eigenvalue weighted by molar-refractivity contribution is -0.117. The number of rotatable bonds is 5. The van der Waals surface area contributed by atoms with E-state index < -0.39 is 0 Å². The highest BCUT2D eigenvalue weighted by Gasteiger charge is 2.29. The second-order valence-electron chi connectivity index (χ2n) is 6.01. The molecule has 1 aliphatic rings. The third kappa shape index (κ3) is 4.10. The molecule has 0 saturated heterocycles. The second kappa shape index (κ2) is 7.13. The van der Waals surface area contributed by atoms with Crippen molar-refractivity contribution in [2.45, 2.75) is 25.3 Å². The largest absolute Gasteiger partial charge is 0.345 e. The molecule has 0 aliphatic heterocycles. The molecule has 1 N–H and O–H groups in total. The van der Waals surface area contributed by atoms with Gasteiger partial charge >= 0.3 is 0 Å². The van der Waals surface area contributed by atoms with Crippen molar-refractivity contribution >= 4 is 27.9 Å². The molecule has 1 heterocycles. The Hall–Kier alpha value is -1.88. The molecule has 1 unspecified atom stereocenters. The van der Waals surface area contributed by atoms with Crippen molar-refractivity contribution in [3.8, 4) is 0 Å². The van der Waals surface area contributed by atoms with Crippen molar-refractivity contribution in [2.75, 3.05) is 0 Å². The summed E-state index contributed by atoms with van der Waals surface area (Å²) < 4.78 is 2.77. The van der Waals surface area contributed by atoms with E-state index >= 15 is 0 Å². The second-order valence-corrected chi connectivity index (χ2v) is 6.93. The van der Waals surface area contributed by atoms with Crippen molar-refractivity contribution in [3.05, 3.63) is 58.3 Å². The Morgan fingerprint density at radius 3 is 2.70 bits per heavy atom. The molecule has 1 atom stereocenters. The van der Waals surface area contributed by atoms with Gasteiger partial charge < -0.3 is 5.32 Å². The summed E-state index contributed by atoms with van der Waals surface area (Å²) in [7, 11) is 1.86. The van der Waals surface area contributed by atoms with Gasteiger partial charge in [0, 0.05) is 29.4 Å². The Balaban J connectivity index is 1.69. The molecule has 1 aromatic heterocycles. The first kappa shape index (κ1) is 16.0. The molecule has 2 aromatic rings. The highest BCUT2D eigenvalue weighted by Crippen LogP contribution is 2.38. The highest BCUT2D eigenvalue weighted by atomic mass is 79.9. The summed E-state index contributed by atoms with van der Waals surface area (Å²) in [6.07, 6.45) is 10.6. The first-order chi connectivity index (χ1) is 11.1. The van der Waals surface area contributed by atoms with Crippen molar-refractivity contribution < 1.29 is 4.79 Å². The quantitative estimate of drug-likeness (QED) is 0.808. The predicted molar refractivity (Wildman–Crippen MR) is 94.6 cm³/mol. The Morgan fingerprint density at radius 2 is 2.13 bits per heavy atom. The van der Waals surface area contributed by atoms with Gasteiger partial charge in [-0.1, -0.05) is 34.5 Å². The van der Waals surface area contributed by atoms with E-state index in [0.29, 0.717) is 5.92 Å². The van der Waals surface area contributed by atoms with Gasteiger partial charge in [-0.3, -0.25) is 9.48 Å². The SMILES string of the molecule is Cn1cc(/C=C/C(=O)NC(c2ccc(Br)cc2)C2CCC2)cn1. The molecule has 1 fully saturated rings. The van der Waals surface area contributed by atoms with Crippen LogP contribution in [0.1, 0.15) is 36.4 Å². The van der Waals surface area contributed by atoms with Crippen LogP contribution in [0.3, 0.4) is 0 Å². The van der Waals surface area contributed by atoms with E-state index in [0.717, 1.165) is 10.0 Å². The molecule has 1 aliphatic carbocycles. The normalized spacial score (nSPS) is 16.3. The summed E-state index contributed by atoms with van der Waals surface area (Å²) >= 11 is 3.46. The van der Waals surface area contributed by atoms with Gasteiger partial charge in [0.15, 0.2) is 0 Å². The third-order valence-electron chi connectivity index (χ3n) is 4.30. The monoisotopic (exact) mass is 373 g/mol. The van der Waals surface area contributed by atoms with Crippen LogP contribution >= 0.6 is 15.9 Å². The fourth-order valence-electron chi connectivity index (χ4n) is 2.82. The first-order valence-electron chi connectivity index (χ1n) is 7.84. The molecule has 4 nitrogen and oxygen atoms in total.